The van der Waals surface area contributed by atoms with Gasteiger partial charge in [-0.05, 0) is 43.7 Å². The number of nitrogens with zero attached hydrogens (tertiary/aromatic N) is 4. The van der Waals surface area contributed by atoms with Gasteiger partial charge in [0.05, 0.1) is 22.8 Å². The number of ether oxygens (including phenoxy) is 1. The maximum atomic E-state index is 14.2. The quantitative estimate of drug-likeness (QED) is 0.314. The van der Waals surface area contributed by atoms with Crippen molar-refractivity contribution in [1.82, 2.24) is 24.1 Å². The van der Waals surface area contributed by atoms with Crippen molar-refractivity contribution < 1.29 is 22.3 Å². The Kier molecular flexibility index (Phi) is 7.87. The van der Waals surface area contributed by atoms with Crippen LogP contribution in [-0.4, -0.2) is 58.0 Å². The molecule has 10 nitrogen and oxygen atoms in total. The summed E-state index contributed by atoms with van der Waals surface area (Å²) in [6.07, 6.45) is 2.79. The second-order valence-corrected chi connectivity index (χ2v) is 11.7. The first-order chi connectivity index (χ1) is 19.6. The fourth-order valence-corrected chi connectivity index (χ4v) is 6.37. The van der Waals surface area contributed by atoms with E-state index in [1.54, 1.807) is 26.1 Å². The van der Waals surface area contributed by atoms with Crippen LogP contribution in [0.5, 0.6) is 5.75 Å². The smallest absolute Gasteiger partial charge is 0.277 e. The van der Waals surface area contributed by atoms with E-state index in [2.05, 4.69) is 15.1 Å². The SMILES string of the molecule is CCCc1nn(C)c2c(=O)[nH]c(-c3cc(S(=O)(=O)N4CCC(=O)/C(=C/c5ccccc5F)C4)ccc3OCC)nc12. The topological polar surface area (TPSA) is 127 Å². The maximum Gasteiger partial charge on any atom is 0.277 e. The molecule has 5 rings (SSSR count). The lowest BCUT2D eigenvalue weighted by Crippen LogP contribution is -2.40. The summed E-state index contributed by atoms with van der Waals surface area (Å²) in [6.45, 7) is 3.88. The average Bonchev–Trinajstić information content (AvgIpc) is 3.26. The number of carbonyl (C=O) groups is 1. The molecule has 0 radical (unpaired) electrons. The second-order valence-electron chi connectivity index (χ2n) is 9.73. The Morgan fingerprint density at radius 2 is 1.93 bits per heavy atom. The number of sulfonamides is 1. The lowest BCUT2D eigenvalue weighted by atomic mass is 10.0. The summed E-state index contributed by atoms with van der Waals surface area (Å²) >= 11 is 0. The number of Topliss-reactive ketones (excluding diaryl/α,β-unsaturated/α-hetero) is 1. The van der Waals surface area contributed by atoms with Crippen molar-refractivity contribution in [2.24, 2.45) is 7.05 Å². The summed E-state index contributed by atoms with van der Waals surface area (Å²) < 4.78 is 50.3. The monoisotopic (exact) mass is 579 g/mol. The van der Waals surface area contributed by atoms with Crippen LogP contribution < -0.4 is 10.3 Å². The van der Waals surface area contributed by atoms with Gasteiger partial charge in [0.1, 0.15) is 22.9 Å². The third kappa shape index (κ3) is 5.44. The maximum absolute atomic E-state index is 14.2. The number of rotatable bonds is 8. The summed E-state index contributed by atoms with van der Waals surface area (Å²) in [5, 5.41) is 4.44. The number of aryl methyl sites for hydroxylation is 2. The van der Waals surface area contributed by atoms with E-state index >= 15 is 0 Å². The fraction of sp³-hybridized carbons (Fsp3) is 0.310. The standard InChI is InChI=1S/C29H30FN5O5S/c1-4-8-23-26-27(34(3)33-23)29(37)32-28(31-26)21-16-20(11-12-25(21)40-5-2)41(38,39)35-14-13-24(36)19(17-35)15-18-9-6-7-10-22(18)30/h6-7,9-12,15-16H,4-5,8,13-14,17H2,1-3H3,(H,31,32,37)/b19-15+. The van der Waals surface area contributed by atoms with E-state index in [1.807, 2.05) is 6.92 Å². The Balaban J connectivity index is 1.57. The van der Waals surface area contributed by atoms with Crippen molar-refractivity contribution in [2.75, 3.05) is 19.7 Å². The molecule has 0 aliphatic carbocycles. The van der Waals surface area contributed by atoms with Crippen LogP contribution in [0.15, 0.2) is 57.7 Å². The van der Waals surface area contributed by atoms with E-state index in [4.69, 9.17) is 4.74 Å². The van der Waals surface area contributed by atoms with Gasteiger partial charge in [0.2, 0.25) is 10.0 Å². The molecule has 1 fully saturated rings. The molecular formula is C29H30FN5O5S. The minimum Gasteiger partial charge on any atom is -0.493 e. The Morgan fingerprint density at radius 3 is 2.66 bits per heavy atom. The molecule has 0 unspecified atom stereocenters. The Bertz CT molecular complexity index is 1840. The second kappa shape index (κ2) is 11.4. The molecule has 41 heavy (non-hydrogen) atoms. The number of hydrogen-bond acceptors (Lipinski definition) is 7. The van der Waals surface area contributed by atoms with Gasteiger partial charge in [-0.15, -0.1) is 0 Å². The van der Waals surface area contributed by atoms with Gasteiger partial charge in [0.15, 0.2) is 11.3 Å². The Labute approximate surface area is 236 Å². The molecule has 1 N–H and O–H groups in total. The van der Waals surface area contributed by atoms with Gasteiger partial charge in [0.25, 0.3) is 5.56 Å². The summed E-state index contributed by atoms with van der Waals surface area (Å²) in [7, 11) is -2.42. The molecule has 4 aromatic rings. The first-order valence-electron chi connectivity index (χ1n) is 13.4. The van der Waals surface area contributed by atoms with E-state index in [-0.39, 0.29) is 47.2 Å². The average molecular weight is 580 g/mol. The van der Waals surface area contributed by atoms with Gasteiger partial charge < -0.3 is 9.72 Å². The third-order valence-electron chi connectivity index (χ3n) is 6.92. The van der Waals surface area contributed by atoms with Crippen LogP contribution in [0.4, 0.5) is 4.39 Å². The van der Waals surface area contributed by atoms with Gasteiger partial charge >= 0.3 is 0 Å². The number of halogens is 1. The van der Waals surface area contributed by atoms with Crippen molar-refractivity contribution >= 4 is 32.9 Å². The first-order valence-corrected chi connectivity index (χ1v) is 14.8. The third-order valence-corrected chi connectivity index (χ3v) is 8.76. The van der Waals surface area contributed by atoms with Crippen molar-refractivity contribution in [3.05, 3.63) is 75.5 Å². The van der Waals surface area contributed by atoms with Crippen LogP contribution in [0.2, 0.25) is 0 Å². The molecular weight excluding hydrogens is 549 g/mol. The van der Waals surface area contributed by atoms with Crippen LogP contribution in [0.25, 0.3) is 28.5 Å². The van der Waals surface area contributed by atoms with Crippen LogP contribution in [0.3, 0.4) is 0 Å². The van der Waals surface area contributed by atoms with E-state index in [0.29, 0.717) is 41.1 Å². The molecule has 2 aromatic heterocycles. The predicted octanol–water partition coefficient (Wildman–Crippen LogP) is 3.86. The van der Waals surface area contributed by atoms with Crippen LogP contribution in [0.1, 0.15) is 37.9 Å². The molecule has 214 valence electrons. The summed E-state index contributed by atoms with van der Waals surface area (Å²) in [4.78, 5) is 33.1. The number of nitrogens with one attached hydrogen (secondary N) is 1. The van der Waals surface area contributed by atoms with E-state index in [1.165, 1.54) is 45.4 Å². The summed E-state index contributed by atoms with van der Waals surface area (Å²) in [5.74, 6) is -0.231. The molecule has 0 spiro atoms. The highest BCUT2D eigenvalue weighted by molar-refractivity contribution is 7.89. The fourth-order valence-electron chi connectivity index (χ4n) is 4.92. The number of carbonyl (C=O) groups excluding carboxylic acids is 1. The van der Waals surface area contributed by atoms with E-state index in [9.17, 15) is 22.4 Å². The van der Waals surface area contributed by atoms with Gasteiger partial charge in [-0.3, -0.25) is 14.3 Å². The molecule has 1 aliphatic heterocycles. The lowest BCUT2D eigenvalue weighted by Gasteiger charge is -2.27. The van der Waals surface area contributed by atoms with Gasteiger partial charge in [-0.25, -0.2) is 17.8 Å². The molecule has 2 aromatic carbocycles. The summed E-state index contributed by atoms with van der Waals surface area (Å²) in [6, 6.07) is 10.4. The van der Waals surface area contributed by atoms with Gasteiger partial charge in [-0.2, -0.15) is 9.40 Å². The van der Waals surface area contributed by atoms with Crippen molar-refractivity contribution in [2.45, 2.75) is 38.0 Å². The van der Waals surface area contributed by atoms with E-state index in [0.717, 1.165) is 6.42 Å². The normalized spacial score (nSPS) is 15.6. The molecule has 1 saturated heterocycles. The van der Waals surface area contributed by atoms with Crippen LogP contribution in [-0.2, 0) is 28.3 Å². The number of H-pyrrole nitrogens is 1. The molecule has 1 aliphatic rings. The van der Waals surface area contributed by atoms with Crippen molar-refractivity contribution in [3.8, 4) is 17.1 Å². The van der Waals surface area contributed by atoms with Crippen molar-refractivity contribution in [1.29, 1.82) is 0 Å². The number of hydrogen-bond donors (Lipinski definition) is 1. The number of fused-ring (bicyclic) bond motifs is 1. The van der Waals surface area contributed by atoms with Gasteiger partial charge in [0, 0.05) is 37.7 Å². The zero-order chi connectivity index (χ0) is 29.3. The number of ketones is 1. The number of aromatic nitrogens is 4. The highest BCUT2D eigenvalue weighted by Gasteiger charge is 2.32. The molecule has 0 atom stereocenters. The lowest BCUT2D eigenvalue weighted by molar-refractivity contribution is -0.116. The highest BCUT2D eigenvalue weighted by Crippen LogP contribution is 2.33. The summed E-state index contributed by atoms with van der Waals surface area (Å²) in [5.41, 5.74) is 1.75. The zero-order valence-electron chi connectivity index (χ0n) is 23.0. The van der Waals surface area contributed by atoms with Crippen LogP contribution >= 0.6 is 0 Å². The molecule has 12 heteroatoms. The number of benzene rings is 2. The zero-order valence-corrected chi connectivity index (χ0v) is 23.8. The minimum atomic E-state index is -4.09. The Hall–Kier alpha value is -4.16. The molecule has 0 amide bonds. The van der Waals surface area contributed by atoms with Crippen LogP contribution in [0, 0.1) is 5.82 Å². The predicted molar refractivity (Wildman–Crippen MR) is 152 cm³/mol. The minimum absolute atomic E-state index is 0.0184. The first kappa shape index (κ1) is 28.4. The molecule has 0 saturated carbocycles. The molecule has 3 heterocycles. The largest absolute Gasteiger partial charge is 0.493 e. The Morgan fingerprint density at radius 1 is 1.15 bits per heavy atom. The van der Waals surface area contributed by atoms with E-state index < -0.39 is 21.4 Å². The molecule has 0 bridgehead atoms. The van der Waals surface area contributed by atoms with Gasteiger partial charge in [-0.1, -0.05) is 31.5 Å². The number of aromatic amines is 1. The number of piperidine rings is 1. The van der Waals surface area contributed by atoms with Crippen molar-refractivity contribution in [3.63, 3.8) is 0 Å². The highest BCUT2D eigenvalue weighted by atomic mass is 32.2.